The van der Waals surface area contributed by atoms with E-state index in [0.29, 0.717) is 49.5 Å². The summed E-state index contributed by atoms with van der Waals surface area (Å²) < 4.78 is 4.37. The van der Waals surface area contributed by atoms with E-state index in [1.54, 1.807) is 10.6 Å². The highest BCUT2D eigenvalue weighted by Crippen LogP contribution is 2.16. The predicted octanol–water partition coefficient (Wildman–Crippen LogP) is 2.67. The van der Waals surface area contributed by atoms with Crippen LogP contribution in [-0.4, -0.2) is 38.9 Å². The molecule has 11 heteroatoms. The van der Waals surface area contributed by atoms with E-state index in [9.17, 15) is 9.59 Å². The predicted molar refractivity (Wildman–Crippen MR) is 130 cm³/mol. The minimum Gasteiger partial charge on any atom is -0.305 e. The lowest BCUT2D eigenvalue weighted by Crippen LogP contribution is -2.41. The summed E-state index contributed by atoms with van der Waals surface area (Å²) in [6, 6.07) is 9.92. The summed E-state index contributed by atoms with van der Waals surface area (Å²) in [6.07, 6.45) is 4.40. The zero-order chi connectivity index (χ0) is 24.1. The van der Waals surface area contributed by atoms with Gasteiger partial charge in [-0.05, 0) is 35.2 Å². The number of unbranched alkanes of at least 4 members (excludes halogenated alkanes) is 1. The first-order valence-electron chi connectivity index (χ1n) is 11.3. The summed E-state index contributed by atoms with van der Waals surface area (Å²) in [7, 11) is 0. The van der Waals surface area contributed by atoms with E-state index < -0.39 is 5.56 Å². The third-order valence-corrected chi connectivity index (χ3v) is 5.84. The Hall–Kier alpha value is -3.53. The normalized spacial score (nSPS) is 11.4. The van der Waals surface area contributed by atoms with Crippen molar-refractivity contribution in [2.45, 2.75) is 58.8 Å². The minimum absolute atomic E-state index is 0.159. The Morgan fingerprint density at radius 1 is 1.03 bits per heavy atom. The number of rotatable bonds is 11. The van der Waals surface area contributed by atoms with Crippen molar-refractivity contribution in [2.75, 3.05) is 0 Å². The van der Waals surface area contributed by atoms with Gasteiger partial charge in [-0.25, -0.2) is 4.79 Å². The van der Waals surface area contributed by atoms with Gasteiger partial charge in [0.2, 0.25) is 5.28 Å². The van der Waals surface area contributed by atoms with Gasteiger partial charge in [0.15, 0.2) is 17.0 Å². The second-order valence-electron chi connectivity index (χ2n) is 8.01. The standard InChI is InChI=1S/C23H27ClN8O2/c1-3-5-13-30-20-19(29(12-4-2)22(24)25-20)21(33)31(23(30)34)14-9-15-32-27-18(26-28-32)16-17-10-7-6-8-11-17/h4,6-8,10-11H,2-3,5,9,12-16H2,1H3. The fourth-order valence-corrected chi connectivity index (χ4v) is 4.10. The van der Waals surface area contributed by atoms with Crippen LogP contribution in [0.5, 0.6) is 0 Å². The van der Waals surface area contributed by atoms with Crippen LogP contribution in [-0.2, 0) is 32.6 Å². The number of halogens is 1. The molecule has 0 N–H and O–H groups in total. The van der Waals surface area contributed by atoms with Gasteiger partial charge in [0, 0.05) is 26.1 Å². The van der Waals surface area contributed by atoms with Crippen molar-refractivity contribution in [1.29, 1.82) is 0 Å². The third kappa shape index (κ3) is 4.86. The smallest absolute Gasteiger partial charge is 0.305 e. The molecule has 0 bridgehead atoms. The van der Waals surface area contributed by atoms with Gasteiger partial charge in [0.1, 0.15) is 0 Å². The molecule has 0 radical (unpaired) electrons. The first-order chi connectivity index (χ1) is 16.5. The van der Waals surface area contributed by atoms with Crippen molar-refractivity contribution < 1.29 is 0 Å². The summed E-state index contributed by atoms with van der Waals surface area (Å²) in [5.74, 6) is 0.620. The molecule has 34 heavy (non-hydrogen) atoms. The van der Waals surface area contributed by atoms with Crippen LogP contribution in [0.2, 0.25) is 5.28 Å². The van der Waals surface area contributed by atoms with Crippen molar-refractivity contribution in [2.24, 2.45) is 0 Å². The molecule has 178 valence electrons. The Bertz CT molecular complexity index is 1400. The van der Waals surface area contributed by atoms with Crippen molar-refractivity contribution in [3.8, 4) is 0 Å². The molecule has 0 aliphatic rings. The Kier molecular flexibility index (Phi) is 7.36. The van der Waals surface area contributed by atoms with Gasteiger partial charge in [-0.15, -0.1) is 16.8 Å². The molecule has 0 saturated heterocycles. The van der Waals surface area contributed by atoms with Crippen LogP contribution >= 0.6 is 11.6 Å². The summed E-state index contributed by atoms with van der Waals surface area (Å²) >= 11 is 6.29. The number of aryl methyl sites for hydroxylation is 2. The van der Waals surface area contributed by atoms with Gasteiger partial charge in [0.25, 0.3) is 5.56 Å². The Balaban J connectivity index is 1.57. The molecule has 0 fully saturated rings. The van der Waals surface area contributed by atoms with E-state index in [2.05, 4.69) is 27.0 Å². The van der Waals surface area contributed by atoms with Gasteiger partial charge in [0.05, 0.1) is 6.54 Å². The number of hydrogen-bond acceptors (Lipinski definition) is 6. The maximum absolute atomic E-state index is 13.3. The van der Waals surface area contributed by atoms with Crippen molar-refractivity contribution in [3.05, 3.63) is 80.5 Å². The van der Waals surface area contributed by atoms with E-state index in [1.165, 1.54) is 13.9 Å². The zero-order valence-corrected chi connectivity index (χ0v) is 19.9. The average Bonchev–Trinajstić information content (AvgIpc) is 3.41. The van der Waals surface area contributed by atoms with Crippen molar-refractivity contribution in [3.63, 3.8) is 0 Å². The number of aromatic nitrogens is 8. The van der Waals surface area contributed by atoms with Crippen LogP contribution in [0.1, 0.15) is 37.6 Å². The number of hydrogen-bond donors (Lipinski definition) is 0. The van der Waals surface area contributed by atoms with Crippen LogP contribution in [0.15, 0.2) is 52.6 Å². The number of tetrazole rings is 1. The molecule has 0 unspecified atom stereocenters. The van der Waals surface area contributed by atoms with E-state index >= 15 is 0 Å². The summed E-state index contributed by atoms with van der Waals surface area (Å²) in [6.45, 7) is 7.19. The molecular weight excluding hydrogens is 456 g/mol. The fourth-order valence-electron chi connectivity index (χ4n) is 3.87. The van der Waals surface area contributed by atoms with Crippen LogP contribution in [0, 0.1) is 0 Å². The molecular formula is C23H27ClN8O2. The SMILES string of the molecule is C=CCn1c(Cl)nc2c1c(=O)n(CCCn1nnc(Cc3ccccc3)n1)c(=O)n2CCCC. The second-order valence-corrected chi connectivity index (χ2v) is 8.35. The number of benzene rings is 1. The molecule has 1 aromatic carbocycles. The molecule has 3 heterocycles. The highest BCUT2D eigenvalue weighted by Gasteiger charge is 2.20. The number of fused-ring (bicyclic) bond motifs is 1. The molecule has 0 amide bonds. The van der Waals surface area contributed by atoms with E-state index in [1.807, 2.05) is 37.3 Å². The van der Waals surface area contributed by atoms with Crippen LogP contribution in [0.3, 0.4) is 0 Å². The number of nitrogens with zero attached hydrogens (tertiary/aromatic N) is 8. The number of imidazole rings is 1. The number of allylic oxidation sites excluding steroid dienone is 1. The Morgan fingerprint density at radius 3 is 2.53 bits per heavy atom. The largest absolute Gasteiger partial charge is 0.332 e. The zero-order valence-electron chi connectivity index (χ0n) is 19.1. The summed E-state index contributed by atoms with van der Waals surface area (Å²) in [4.78, 5) is 32.3. The molecule has 4 rings (SSSR count). The Labute approximate surface area is 201 Å². The summed E-state index contributed by atoms with van der Waals surface area (Å²) in [5.41, 5.74) is 0.927. The lowest BCUT2D eigenvalue weighted by molar-refractivity contribution is 0.451. The second kappa shape index (κ2) is 10.6. The van der Waals surface area contributed by atoms with Gasteiger partial charge >= 0.3 is 5.69 Å². The van der Waals surface area contributed by atoms with Crippen molar-refractivity contribution in [1.82, 2.24) is 38.9 Å². The van der Waals surface area contributed by atoms with Gasteiger partial charge < -0.3 is 4.57 Å². The van der Waals surface area contributed by atoms with E-state index in [4.69, 9.17) is 11.6 Å². The fraction of sp³-hybridized carbons (Fsp3) is 0.391. The maximum Gasteiger partial charge on any atom is 0.332 e. The lowest BCUT2D eigenvalue weighted by Gasteiger charge is -2.12. The van der Waals surface area contributed by atoms with Crippen LogP contribution < -0.4 is 11.2 Å². The molecule has 0 aliphatic carbocycles. The van der Waals surface area contributed by atoms with Crippen molar-refractivity contribution >= 4 is 22.8 Å². The molecule has 0 saturated carbocycles. The van der Waals surface area contributed by atoms with Gasteiger partial charge in [-0.1, -0.05) is 49.8 Å². The maximum atomic E-state index is 13.3. The summed E-state index contributed by atoms with van der Waals surface area (Å²) in [5, 5.41) is 12.8. The molecule has 0 spiro atoms. The average molecular weight is 483 g/mol. The van der Waals surface area contributed by atoms with Gasteiger partial charge in [-0.3, -0.25) is 13.9 Å². The third-order valence-electron chi connectivity index (χ3n) is 5.55. The lowest BCUT2D eigenvalue weighted by atomic mass is 10.1. The van der Waals surface area contributed by atoms with Gasteiger partial charge in [-0.2, -0.15) is 9.78 Å². The van der Waals surface area contributed by atoms with E-state index in [0.717, 1.165) is 18.4 Å². The monoisotopic (exact) mass is 482 g/mol. The molecule has 0 atom stereocenters. The first-order valence-corrected chi connectivity index (χ1v) is 11.7. The van der Waals surface area contributed by atoms with Crippen LogP contribution in [0.4, 0.5) is 0 Å². The van der Waals surface area contributed by atoms with E-state index in [-0.39, 0.29) is 17.5 Å². The molecule has 3 aromatic heterocycles. The first kappa shape index (κ1) is 23.6. The quantitative estimate of drug-likeness (QED) is 0.240. The minimum atomic E-state index is -0.412. The molecule has 4 aromatic rings. The highest BCUT2D eigenvalue weighted by molar-refractivity contribution is 6.29. The molecule has 10 nitrogen and oxygen atoms in total. The Morgan fingerprint density at radius 2 is 1.79 bits per heavy atom. The van der Waals surface area contributed by atoms with Crippen LogP contribution in [0.25, 0.3) is 11.2 Å². The highest BCUT2D eigenvalue weighted by atomic mass is 35.5. The topological polar surface area (TPSA) is 105 Å². The molecule has 0 aliphatic heterocycles.